The van der Waals surface area contributed by atoms with Crippen molar-refractivity contribution in [3.63, 3.8) is 0 Å². The van der Waals surface area contributed by atoms with Crippen molar-refractivity contribution in [1.82, 2.24) is 4.57 Å². The SMILES string of the molecule is O=C(CO)Nc1cccc(CCn2cccc2)c1. The first-order chi connectivity index (χ1) is 8.78. The van der Waals surface area contributed by atoms with Gasteiger partial charge in [-0.2, -0.15) is 0 Å². The van der Waals surface area contributed by atoms with Crippen LogP contribution in [0.1, 0.15) is 5.56 Å². The van der Waals surface area contributed by atoms with E-state index in [9.17, 15) is 4.79 Å². The molecule has 0 bridgehead atoms. The van der Waals surface area contributed by atoms with Gasteiger partial charge in [0.05, 0.1) is 0 Å². The van der Waals surface area contributed by atoms with E-state index in [-0.39, 0.29) is 0 Å². The van der Waals surface area contributed by atoms with Gasteiger partial charge in [-0.3, -0.25) is 4.79 Å². The number of carbonyl (C=O) groups excluding carboxylic acids is 1. The lowest BCUT2D eigenvalue weighted by atomic mass is 10.1. The van der Waals surface area contributed by atoms with Crippen LogP contribution in [-0.2, 0) is 17.8 Å². The molecule has 0 spiro atoms. The molecule has 2 N–H and O–H groups in total. The third-order valence-corrected chi connectivity index (χ3v) is 2.68. The van der Waals surface area contributed by atoms with E-state index >= 15 is 0 Å². The van der Waals surface area contributed by atoms with Crippen LogP contribution in [0.25, 0.3) is 0 Å². The second-order valence-corrected chi connectivity index (χ2v) is 4.08. The number of aromatic nitrogens is 1. The van der Waals surface area contributed by atoms with Crippen molar-refractivity contribution in [1.29, 1.82) is 0 Å². The van der Waals surface area contributed by atoms with E-state index in [1.807, 2.05) is 48.8 Å². The van der Waals surface area contributed by atoms with E-state index in [1.165, 1.54) is 0 Å². The van der Waals surface area contributed by atoms with Crippen LogP contribution in [0, 0.1) is 0 Å². The largest absolute Gasteiger partial charge is 0.387 e. The van der Waals surface area contributed by atoms with Gasteiger partial charge in [0, 0.05) is 24.6 Å². The first-order valence-electron chi connectivity index (χ1n) is 5.88. The summed E-state index contributed by atoms with van der Waals surface area (Å²) in [7, 11) is 0. The van der Waals surface area contributed by atoms with Gasteiger partial charge in [0.25, 0.3) is 0 Å². The summed E-state index contributed by atoms with van der Waals surface area (Å²) in [5.41, 5.74) is 1.87. The minimum absolute atomic E-state index is 0.391. The van der Waals surface area contributed by atoms with Gasteiger partial charge >= 0.3 is 0 Å². The molecule has 1 aromatic carbocycles. The maximum atomic E-state index is 11.1. The maximum absolute atomic E-state index is 11.1. The lowest BCUT2D eigenvalue weighted by Gasteiger charge is -2.07. The molecule has 0 aliphatic carbocycles. The molecule has 2 rings (SSSR count). The number of aliphatic hydroxyl groups excluding tert-OH is 1. The number of benzene rings is 1. The normalized spacial score (nSPS) is 10.3. The molecule has 0 atom stereocenters. The van der Waals surface area contributed by atoms with Gasteiger partial charge in [-0.05, 0) is 36.2 Å². The van der Waals surface area contributed by atoms with Crippen LogP contribution in [-0.4, -0.2) is 22.2 Å². The van der Waals surface area contributed by atoms with Crippen LogP contribution < -0.4 is 5.32 Å². The van der Waals surface area contributed by atoms with E-state index in [4.69, 9.17) is 5.11 Å². The molecule has 0 fully saturated rings. The number of hydrogen-bond donors (Lipinski definition) is 2. The number of aliphatic hydroxyl groups is 1. The van der Waals surface area contributed by atoms with Gasteiger partial charge in [0.1, 0.15) is 6.61 Å². The van der Waals surface area contributed by atoms with Crippen molar-refractivity contribution < 1.29 is 9.90 Å². The molecule has 0 saturated carbocycles. The molecule has 0 aliphatic rings. The first kappa shape index (κ1) is 12.4. The zero-order valence-corrected chi connectivity index (χ0v) is 10.0. The zero-order chi connectivity index (χ0) is 12.8. The van der Waals surface area contributed by atoms with Crippen LogP contribution in [0.5, 0.6) is 0 Å². The maximum Gasteiger partial charge on any atom is 0.250 e. The van der Waals surface area contributed by atoms with Gasteiger partial charge in [-0.25, -0.2) is 0 Å². The molecule has 1 amide bonds. The minimum Gasteiger partial charge on any atom is -0.387 e. The number of rotatable bonds is 5. The Morgan fingerprint density at radius 1 is 1.22 bits per heavy atom. The highest BCUT2D eigenvalue weighted by atomic mass is 16.3. The van der Waals surface area contributed by atoms with Gasteiger partial charge in [-0.1, -0.05) is 12.1 Å². The Kier molecular flexibility index (Phi) is 4.15. The Labute approximate surface area is 106 Å². The van der Waals surface area contributed by atoms with E-state index in [0.29, 0.717) is 0 Å². The summed E-state index contributed by atoms with van der Waals surface area (Å²) >= 11 is 0. The number of nitrogens with zero attached hydrogens (tertiary/aromatic N) is 1. The molecular formula is C14H16N2O2. The lowest BCUT2D eigenvalue weighted by molar-refractivity contribution is -0.118. The molecule has 18 heavy (non-hydrogen) atoms. The second kappa shape index (κ2) is 6.02. The Hall–Kier alpha value is -2.07. The smallest absolute Gasteiger partial charge is 0.250 e. The molecule has 4 nitrogen and oxygen atoms in total. The molecule has 0 aliphatic heterocycles. The summed E-state index contributed by atoms with van der Waals surface area (Å²) in [5.74, 6) is -0.391. The molecule has 2 aromatic rings. The fourth-order valence-electron chi connectivity index (χ4n) is 1.78. The predicted molar refractivity (Wildman–Crippen MR) is 70.3 cm³/mol. The first-order valence-corrected chi connectivity index (χ1v) is 5.88. The van der Waals surface area contributed by atoms with Crippen molar-refractivity contribution in [3.05, 3.63) is 54.4 Å². The highest BCUT2D eigenvalue weighted by molar-refractivity contribution is 5.91. The topological polar surface area (TPSA) is 54.3 Å². The summed E-state index contributed by atoms with van der Waals surface area (Å²) < 4.78 is 2.11. The monoisotopic (exact) mass is 244 g/mol. The van der Waals surface area contributed by atoms with Crippen LogP contribution >= 0.6 is 0 Å². The molecule has 1 aromatic heterocycles. The Balaban J connectivity index is 1.96. The number of aryl methyl sites for hydroxylation is 2. The summed E-state index contributed by atoms with van der Waals surface area (Å²) in [6.45, 7) is 0.415. The van der Waals surface area contributed by atoms with E-state index in [0.717, 1.165) is 24.2 Å². The number of amides is 1. The average molecular weight is 244 g/mol. The van der Waals surface area contributed by atoms with Gasteiger partial charge in [-0.15, -0.1) is 0 Å². The van der Waals surface area contributed by atoms with Crippen LogP contribution in [0.4, 0.5) is 5.69 Å². The van der Waals surface area contributed by atoms with Crippen molar-refractivity contribution in [3.8, 4) is 0 Å². The molecule has 0 saturated heterocycles. The number of anilines is 1. The van der Waals surface area contributed by atoms with Crippen molar-refractivity contribution in [2.45, 2.75) is 13.0 Å². The summed E-state index contributed by atoms with van der Waals surface area (Å²) in [5, 5.41) is 11.3. The third kappa shape index (κ3) is 3.46. The third-order valence-electron chi connectivity index (χ3n) is 2.68. The molecule has 0 radical (unpaired) electrons. The van der Waals surface area contributed by atoms with E-state index in [2.05, 4.69) is 9.88 Å². The highest BCUT2D eigenvalue weighted by Gasteiger charge is 2.01. The summed E-state index contributed by atoms with van der Waals surface area (Å²) in [6.07, 6.45) is 4.95. The number of carbonyl (C=O) groups is 1. The summed E-state index contributed by atoms with van der Waals surface area (Å²) in [4.78, 5) is 11.1. The molecular weight excluding hydrogens is 228 g/mol. The van der Waals surface area contributed by atoms with Crippen molar-refractivity contribution >= 4 is 11.6 Å². The van der Waals surface area contributed by atoms with Crippen molar-refractivity contribution in [2.24, 2.45) is 0 Å². The quantitative estimate of drug-likeness (QED) is 0.840. The Morgan fingerprint density at radius 2 is 2.00 bits per heavy atom. The van der Waals surface area contributed by atoms with Crippen LogP contribution in [0.3, 0.4) is 0 Å². The molecule has 1 heterocycles. The highest BCUT2D eigenvalue weighted by Crippen LogP contribution is 2.11. The van der Waals surface area contributed by atoms with E-state index in [1.54, 1.807) is 0 Å². The number of nitrogens with one attached hydrogen (secondary N) is 1. The van der Waals surface area contributed by atoms with Crippen LogP contribution in [0.2, 0.25) is 0 Å². The van der Waals surface area contributed by atoms with Crippen molar-refractivity contribution in [2.75, 3.05) is 11.9 Å². The Morgan fingerprint density at radius 3 is 2.72 bits per heavy atom. The average Bonchev–Trinajstić information content (AvgIpc) is 2.90. The Bertz CT molecular complexity index is 506. The molecule has 4 heteroatoms. The second-order valence-electron chi connectivity index (χ2n) is 4.08. The van der Waals surface area contributed by atoms with Gasteiger partial charge < -0.3 is 15.0 Å². The van der Waals surface area contributed by atoms with Crippen LogP contribution in [0.15, 0.2) is 48.8 Å². The standard InChI is InChI=1S/C14H16N2O2/c17-11-14(18)15-13-5-3-4-12(10-13)6-9-16-7-1-2-8-16/h1-5,7-8,10,17H,6,9,11H2,(H,15,18). The fourth-order valence-corrected chi connectivity index (χ4v) is 1.78. The lowest BCUT2D eigenvalue weighted by Crippen LogP contribution is -2.15. The predicted octanol–water partition coefficient (Wildman–Crippen LogP) is 1.66. The zero-order valence-electron chi connectivity index (χ0n) is 10.0. The summed E-state index contributed by atoms with van der Waals surface area (Å²) in [6, 6.07) is 11.7. The minimum atomic E-state index is -0.492. The van der Waals surface area contributed by atoms with E-state index < -0.39 is 12.5 Å². The molecule has 0 unspecified atom stereocenters. The van der Waals surface area contributed by atoms with Gasteiger partial charge in [0.2, 0.25) is 5.91 Å². The fraction of sp³-hybridized carbons (Fsp3) is 0.214. The van der Waals surface area contributed by atoms with Gasteiger partial charge in [0.15, 0.2) is 0 Å². The number of hydrogen-bond acceptors (Lipinski definition) is 2. The molecule has 94 valence electrons.